The van der Waals surface area contributed by atoms with Crippen LogP contribution in [-0.2, 0) is 0 Å². The number of aliphatic hydroxyl groups excluding tert-OH is 1. The van der Waals surface area contributed by atoms with Gasteiger partial charge in [-0.3, -0.25) is 0 Å². The van der Waals surface area contributed by atoms with Gasteiger partial charge in [0.1, 0.15) is 0 Å². The fraction of sp³-hybridized carbons (Fsp3) is 1.00. The molecule has 1 aliphatic rings. The molecule has 3 atom stereocenters. The van der Waals surface area contributed by atoms with Crippen LogP contribution in [0.4, 0.5) is 0 Å². The molecule has 54 valence electrons. The van der Waals surface area contributed by atoms with Crippen LogP contribution < -0.4 is 11.5 Å². The minimum atomic E-state index is -0.209. The van der Waals surface area contributed by atoms with E-state index in [4.69, 9.17) is 16.6 Å². The lowest BCUT2D eigenvalue weighted by atomic mass is 9.90. The highest BCUT2D eigenvalue weighted by Gasteiger charge is 2.23. The molecule has 0 amide bonds. The third-order valence-electron chi connectivity index (χ3n) is 1.93. The third kappa shape index (κ3) is 1.64. The summed E-state index contributed by atoms with van der Waals surface area (Å²) in [4.78, 5) is 0. The molecule has 0 aromatic heterocycles. The van der Waals surface area contributed by atoms with E-state index in [2.05, 4.69) is 0 Å². The van der Waals surface area contributed by atoms with Crippen molar-refractivity contribution in [3.8, 4) is 0 Å². The van der Waals surface area contributed by atoms with Crippen LogP contribution in [0.5, 0.6) is 0 Å². The Bertz CT molecular complexity index is 97.1. The molecular formula is C6H14N2O. The Hall–Kier alpha value is -0.120. The molecule has 3 nitrogen and oxygen atoms in total. The Morgan fingerprint density at radius 2 is 1.78 bits per heavy atom. The summed E-state index contributed by atoms with van der Waals surface area (Å²) >= 11 is 0. The van der Waals surface area contributed by atoms with Crippen molar-refractivity contribution >= 4 is 0 Å². The van der Waals surface area contributed by atoms with Gasteiger partial charge < -0.3 is 16.6 Å². The molecule has 0 heterocycles. The lowest BCUT2D eigenvalue weighted by Gasteiger charge is -2.28. The van der Waals surface area contributed by atoms with Gasteiger partial charge in [0, 0.05) is 12.1 Å². The van der Waals surface area contributed by atoms with E-state index in [-0.39, 0.29) is 18.2 Å². The van der Waals surface area contributed by atoms with Crippen LogP contribution in [0.25, 0.3) is 0 Å². The van der Waals surface area contributed by atoms with Gasteiger partial charge in [0.05, 0.1) is 6.10 Å². The molecule has 1 aliphatic carbocycles. The maximum absolute atomic E-state index is 9.06. The van der Waals surface area contributed by atoms with Crippen LogP contribution in [0, 0.1) is 0 Å². The van der Waals surface area contributed by atoms with E-state index in [9.17, 15) is 0 Å². The topological polar surface area (TPSA) is 72.3 Å². The number of rotatable bonds is 0. The van der Waals surface area contributed by atoms with E-state index >= 15 is 0 Å². The van der Waals surface area contributed by atoms with Gasteiger partial charge in [-0.25, -0.2) is 0 Å². The molecule has 0 radical (unpaired) electrons. The Labute approximate surface area is 55.0 Å². The van der Waals surface area contributed by atoms with Gasteiger partial charge in [-0.05, 0) is 19.3 Å². The average molecular weight is 130 g/mol. The summed E-state index contributed by atoms with van der Waals surface area (Å²) in [5.41, 5.74) is 11.2. The summed E-state index contributed by atoms with van der Waals surface area (Å²) in [7, 11) is 0. The highest BCUT2D eigenvalue weighted by atomic mass is 16.3. The summed E-state index contributed by atoms with van der Waals surface area (Å²) in [6.07, 6.45) is 2.14. The summed E-state index contributed by atoms with van der Waals surface area (Å²) in [5, 5.41) is 9.06. The van der Waals surface area contributed by atoms with E-state index in [1.165, 1.54) is 0 Å². The molecule has 9 heavy (non-hydrogen) atoms. The number of hydrogen-bond donors (Lipinski definition) is 3. The maximum atomic E-state index is 9.06. The van der Waals surface area contributed by atoms with E-state index in [0.29, 0.717) is 6.42 Å². The Balaban J connectivity index is 2.35. The summed E-state index contributed by atoms with van der Waals surface area (Å²) in [6, 6.07) is 0.113. The summed E-state index contributed by atoms with van der Waals surface area (Å²) < 4.78 is 0. The molecule has 3 heteroatoms. The van der Waals surface area contributed by atoms with E-state index in [1.807, 2.05) is 0 Å². The summed E-state index contributed by atoms with van der Waals surface area (Å²) in [6.45, 7) is 0. The van der Waals surface area contributed by atoms with E-state index < -0.39 is 0 Å². The van der Waals surface area contributed by atoms with Crippen molar-refractivity contribution in [1.29, 1.82) is 0 Å². The van der Waals surface area contributed by atoms with Crippen molar-refractivity contribution in [3.05, 3.63) is 0 Å². The molecule has 0 aromatic rings. The first kappa shape index (κ1) is 6.99. The predicted molar refractivity (Wildman–Crippen MR) is 35.8 cm³/mol. The second-order valence-electron chi connectivity index (χ2n) is 2.79. The minimum absolute atomic E-state index is 0.00810. The standard InChI is InChI=1S/C6H14N2O/c7-5-2-1-4(9)3-6(5)8/h4-6,9H,1-3,7-8H2. The first-order valence-electron chi connectivity index (χ1n) is 3.39. The molecule has 3 unspecified atom stereocenters. The monoisotopic (exact) mass is 130 g/mol. The highest BCUT2D eigenvalue weighted by molar-refractivity contribution is 4.84. The normalized spacial score (nSPS) is 45.0. The van der Waals surface area contributed by atoms with Gasteiger partial charge in [0.2, 0.25) is 0 Å². The van der Waals surface area contributed by atoms with Crippen molar-refractivity contribution in [3.63, 3.8) is 0 Å². The first-order valence-corrected chi connectivity index (χ1v) is 3.39. The molecule has 1 rings (SSSR count). The zero-order valence-electron chi connectivity index (χ0n) is 5.46. The lowest BCUT2D eigenvalue weighted by molar-refractivity contribution is 0.112. The lowest BCUT2D eigenvalue weighted by Crippen LogP contribution is -2.47. The van der Waals surface area contributed by atoms with Crippen molar-refractivity contribution in [2.75, 3.05) is 0 Å². The Morgan fingerprint density at radius 1 is 1.11 bits per heavy atom. The van der Waals surface area contributed by atoms with Crippen molar-refractivity contribution in [2.24, 2.45) is 11.5 Å². The molecular weight excluding hydrogens is 116 g/mol. The van der Waals surface area contributed by atoms with Gasteiger partial charge in [0.25, 0.3) is 0 Å². The van der Waals surface area contributed by atoms with Crippen LogP contribution in [0.1, 0.15) is 19.3 Å². The Morgan fingerprint density at radius 3 is 2.22 bits per heavy atom. The molecule has 0 spiro atoms. The second-order valence-corrected chi connectivity index (χ2v) is 2.79. The van der Waals surface area contributed by atoms with E-state index in [0.717, 1.165) is 12.8 Å². The maximum Gasteiger partial charge on any atom is 0.0556 e. The molecule has 0 bridgehead atoms. The second kappa shape index (κ2) is 2.64. The van der Waals surface area contributed by atoms with Gasteiger partial charge in [0.15, 0.2) is 0 Å². The molecule has 0 saturated heterocycles. The van der Waals surface area contributed by atoms with Crippen LogP contribution in [0.2, 0.25) is 0 Å². The van der Waals surface area contributed by atoms with Crippen LogP contribution >= 0.6 is 0 Å². The van der Waals surface area contributed by atoms with Crippen molar-refractivity contribution in [2.45, 2.75) is 37.5 Å². The van der Waals surface area contributed by atoms with E-state index in [1.54, 1.807) is 0 Å². The number of hydrogen-bond acceptors (Lipinski definition) is 3. The zero-order chi connectivity index (χ0) is 6.85. The highest BCUT2D eigenvalue weighted by Crippen LogP contribution is 2.15. The minimum Gasteiger partial charge on any atom is -0.393 e. The molecule has 0 aromatic carbocycles. The number of aliphatic hydroxyl groups is 1. The quantitative estimate of drug-likeness (QED) is 0.401. The zero-order valence-corrected chi connectivity index (χ0v) is 5.46. The van der Waals surface area contributed by atoms with Gasteiger partial charge in [-0.2, -0.15) is 0 Å². The predicted octanol–water partition coefficient (Wildman–Crippen LogP) is -0.814. The smallest absolute Gasteiger partial charge is 0.0556 e. The number of nitrogens with two attached hydrogens (primary N) is 2. The molecule has 1 saturated carbocycles. The average Bonchev–Trinajstić information content (AvgIpc) is 1.80. The van der Waals surface area contributed by atoms with Crippen molar-refractivity contribution < 1.29 is 5.11 Å². The molecule has 5 N–H and O–H groups in total. The fourth-order valence-electron chi connectivity index (χ4n) is 1.21. The molecule has 1 fully saturated rings. The van der Waals surface area contributed by atoms with Gasteiger partial charge in [-0.1, -0.05) is 0 Å². The van der Waals surface area contributed by atoms with Gasteiger partial charge >= 0.3 is 0 Å². The SMILES string of the molecule is NC1CCC(O)CC1N. The van der Waals surface area contributed by atoms with Gasteiger partial charge in [-0.15, -0.1) is 0 Å². The van der Waals surface area contributed by atoms with Crippen molar-refractivity contribution in [1.82, 2.24) is 0 Å². The summed E-state index contributed by atoms with van der Waals surface area (Å²) in [5.74, 6) is 0. The third-order valence-corrected chi connectivity index (χ3v) is 1.93. The first-order chi connectivity index (χ1) is 4.20. The van der Waals surface area contributed by atoms with Crippen LogP contribution in [-0.4, -0.2) is 23.3 Å². The fourth-order valence-corrected chi connectivity index (χ4v) is 1.21. The molecule has 0 aliphatic heterocycles. The van der Waals surface area contributed by atoms with Crippen LogP contribution in [0.15, 0.2) is 0 Å². The van der Waals surface area contributed by atoms with Crippen LogP contribution in [0.3, 0.4) is 0 Å². The Kier molecular flexibility index (Phi) is 2.05. The largest absolute Gasteiger partial charge is 0.393 e.